The molecule has 2 rings (SSSR count). The molecular weight excluding hydrogens is 368 g/mol. The van der Waals surface area contributed by atoms with Gasteiger partial charge in [0.1, 0.15) is 12.4 Å². The van der Waals surface area contributed by atoms with Gasteiger partial charge in [-0.25, -0.2) is 4.98 Å². The van der Waals surface area contributed by atoms with Gasteiger partial charge in [-0.1, -0.05) is 0 Å². The van der Waals surface area contributed by atoms with Gasteiger partial charge in [-0.15, -0.1) is 11.3 Å². The maximum Gasteiger partial charge on any atom is 0.148 e. The number of benzene rings is 1. The molecule has 17 heavy (non-hydrogen) atoms. The van der Waals surface area contributed by atoms with E-state index >= 15 is 0 Å². The average molecular weight is 378 g/mol. The van der Waals surface area contributed by atoms with E-state index in [0.29, 0.717) is 13.2 Å². The van der Waals surface area contributed by atoms with Gasteiger partial charge in [-0.3, -0.25) is 0 Å². The topological polar surface area (TPSA) is 48.1 Å². The van der Waals surface area contributed by atoms with Crippen molar-refractivity contribution in [2.45, 2.75) is 13.2 Å². The van der Waals surface area contributed by atoms with Crippen molar-refractivity contribution in [3.63, 3.8) is 0 Å². The normalized spacial score (nSPS) is 10.5. The van der Waals surface area contributed by atoms with Crippen LogP contribution in [0.4, 0.5) is 0 Å². The van der Waals surface area contributed by atoms with E-state index in [1.165, 1.54) is 0 Å². The molecule has 2 aromatic rings. The highest BCUT2D eigenvalue weighted by Crippen LogP contribution is 2.35. The first-order chi connectivity index (χ1) is 8.20. The Morgan fingerprint density at radius 1 is 1.29 bits per heavy atom. The summed E-state index contributed by atoms with van der Waals surface area (Å²) in [7, 11) is 0. The van der Waals surface area contributed by atoms with Crippen LogP contribution in [0.1, 0.15) is 11.3 Å². The third-order valence-corrected chi connectivity index (χ3v) is 3.95. The molecule has 0 aliphatic rings. The van der Waals surface area contributed by atoms with E-state index in [1.807, 2.05) is 17.5 Å². The summed E-state index contributed by atoms with van der Waals surface area (Å²) in [6.45, 7) is 0.965. The molecule has 1 aromatic heterocycles. The first-order valence-electron chi connectivity index (χ1n) is 4.88. The van der Waals surface area contributed by atoms with Crippen molar-refractivity contribution < 1.29 is 4.74 Å². The summed E-state index contributed by atoms with van der Waals surface area (Å²) in [5.41, 5.74) is 9.36. The molecule has 1 aromatic carbocycles. The van der Waals surface area contributed by atoms with Crippen LogP contribution in [0.15, 0.2) is 32.0 Å². The molecule has 1 heterocycles. The molecule has 0 atom stereocenters. The predicted octanol–water partition coefficient (Wildman–Crippen LogP) is 3.71. The number of nitrogens with two attached hydrogens (primary N) is 1. The fourth-order valence-corrected chi connectivity index (χ4v) is 3.38. The van der Waals surface area contributed by atoms with E-state index in [4.69, 9.17) is 10.5 Å². The summed E-state index contributed by atoms with van der Waals surface area (Å²) in [6, 6.07) is 3.92. The van der Waals surface area contributed by atoms with Gasteiger partial charge in [0.05, 0.1) is 20.1 Å². The average Bonchev–Trinajstić information content (AvgIpc) is 2.80. The minimum Gasteiger partial charge on any atom is -0.485 e. The Labute approximate surface area is 120 Å². The van der Waals surface area contributed by atoms with Crippen LogP contribution < -0.4 is 10.5 Å². The highest BCUT2D eigenvalue weighted by atomic mass is 79.9. The fourth-order valence-electron chi connectivity index (χ4n) is 1.32. The van der Waals surface area contributed by atoms with Crippen molar-refractivity contribution in [2.24, 2.45) is 5.73 Å². The largest absolute Gasteiger partial charge is 0.485 e. The van der Waals surface area contributed by atoms with Gasteiger partial charge < -0.3 is 10.5 Å². The number of hydrogen-bond acceptors (Lipinski definition) is 4. The molecule has 3 nitrogen and oxygen atoms in total. The molecule has 0 amide bonds. The van der Waals surface area contributed by atoms with E-state index in [0.717, 1.165) is 26.0 Å². The second kappa shape index (κ2) is 5.95. The second-order valence-electron chi connectivity index (χ2n) is 3.36. The fraction of sp³-hybridized carbons (Fsp3) is 0.182. The number of halogens is 2. The highest BCUT2D eigenvalue weighted by molar-refractivity contribution is 9.11. The molecule has 0 fully saturated rings. The summed E-state index contributed by atoms with van der Waals surface area (Å²) in [5, 5.41) is 1.97. The third-order valence-electron chi connectivity index (χ3n) is 2.14. The van der Waals surface area contributed by atoms with Gasteiger partial charge in [0.25, 0.3) is 0 Å². The molecule has 0 saturated heterocycles. The zero-order chi connectivity index (χ0) is 12.3. The van der Waals surface area contributed by atoms with Gasteiger partial charge in [0.2, 0.25) is 0 Å². The van der Waals surface area contributed by atoms with E-state index in [1.54, 1.807) is 16.8 Å². The summed E-state index contributed by atoms with van der Waals surface area (Å²) in [4.78, 5) is 4.17. The Morgan fingerprint density at radius 2 is 2.00 bits per heavy atom. The zero-order valence-electron chi connectivity index (χ0n) is 8.82. The van der Waals surface area contributed by atoms with Crippen molar-refractivity contribution in [1.29, 1.82) is 0 Å². The minimum absolute atomic E-state index is 0.461. The Morgan fingerprint density at radius 3 is 2.53 bits per heavy atom. The minimum atomic E-state index is 0.461. The van der Waals surface area contributed by atoms with E-state index in [2.05, 4.69) is 36.8 Å². The molecule has 0 aliphatic carbocycles. The Bertz CT molecular complexity index is 479. The number of thiazole rings is 1. The molecule has 0 bridgehead atoms. The number of aromatic nitrogens is 1. The molecule has 90 valence electrons. The lowest BCUT2D eigenvalue weighted by Gasteiger charge is -2.10. The van der Waals surface area contributed by atoms with E-state index in [9.17, 15) is 0 Å². The van der Waals surface area contributed by atoms with Crippen LogP contribution in [0, 0.1) is 0 Å². The lowest BCUT2D eigenvalue weighted by molar-refractivity contribution is 0.298. The smallest absolute Gasteiger partial charge is 0.148 e. The van der Waals surface area contributed by atoms with Crippen molar-refractivity contribution in [3.05, 3.63) is 43.2 Å². The van der Waals surface area contributed by atoms with Gasteiger partial charge >= 0.3 is 0 Å². The predicted molar refractivity (Wildman–Crippen MR) is 76.2 cm³/mol. The molecule has 2 N–H and O–H groups in total. The molecule has 6 heteroatoms. The lowest BCUT2D eigenvalue weighted by Crippen LogP contribution is -2.00. The summed E-state index contributed by atoms with van der Waals surface area (Å²) >= 11 is 8.51. The monoisotopic (exact) mass is 376 g/mol. The summed E-state index contributed by atoms with van der Waals surface area (Å²) in [5.74, 6) is 0.773. The van der Waals surface area contributed by atoms with E-state index in [-0.39, 0.29) is 0 Å². The van der Waals surface area contributed by atoms with Crippen LogP contribution in [0.3, 0.4) is 0 Å². The van der Waals surface area contributed by atoms with Crippen molar-refractivity contribution in [3.8, 4) is 5.75 Å². The Balaban J connectivity index is 2.15. The van der Waals surface area contributed by atoms with E-state index < -0.39 is 0 Å². The van der Waals surface area contributed by atoms with Crippen molar-refractivity contribution >= 4 is 43.2 Å². The van der Waals surface area contributed by atoms with Crippen LogP contribution in [0.5, 0.6) is 5.75 Å². The van der Waals surface area contributed by atoms with Crippen LogP contribution in [0.2, 0.25) is 0 Å². The molecule has 0 unspecified atom stereocenters. The van der Waals surface area contributed by atoms with Gasteiger partial charge in [0.15, 0.2) is 0 Å². The lowest BCUT2D eigenvalue weighted by atomic mass is 10.2. The first-order valence-corrected chi connectivity index (χ1v) is 7.41. The number of ether oxygens (including phenoxy) is 1. The summed E-state index contributed by atoms with van der Waals surface area (Å²) < 4.78 is 7.50. The Kier molecular flexibility index (Phi) is 4.55. The SMILES string of the molecule is NCc1cc(Br)c(OCc2cscn2)c(Br)c1. The van der Waals surface area contributed by atoms with Gasteiger partial charge in [-0.2, -0.15) is 0 Å². The Hall–Kier alpha value is -0.430. The maximum atomic E-state index is 5.72. The van der Waals surface area contributed by atoms with Crippen molar-refractivity contribution in [2.75, 3.05) is 0 Å². The van der Waals surface area contributed by atoms with Crippen LogP contribution in [-0.4, -0.2) is 4.98 Å². The highest BCUT2D eigenvalue weighted by Gasteiger charge is 2.09. The van der Waals surface area contributed by atoms with Crippen molar-refractivity contribution in [1.82, 2.24) is 4.98 Å². The number of rotatable bonds is 4. The van der Waals surface area contributed by atoms with Gasteiger partial charge in [-0.05, 0) is 49.6 Å². The quantitative estimate of drug-likeness (QED) is 0.883. The number of nitrogens with zero attached hydrogens (tertiary/aromatic N) is 1. The maximum absolute atomic E-state index is 5.72. The number of hydrogen-bond donors (Lipinski definition) is 1. The molecule has 0 spiro atoms. The zero-order valence-corrected chi connectivity index (χ0v) is 12.8. The molecule has 0 radical (unpaired) electrons. The third kappa shape index (κ3) is 3.28. The molecule has 0 saturated carbocycles. The van der Waals surface area contributed by atoms with Crippen LogP contribution >= 0.6 is 43.2 Å². The summed E-state index contributed by atoms with van der Waals surface area (Å²) in [6.07, 6.45) is 0. The molecular formula is C11H10Br2N2OS. The van der Waals surface area contributed by atoms with Gasteiger partial charge in [0, 0.05) is 11.9 Å². The first kappa shape index (κ1) is 13.0. The standard InChI is InChI=1S/C11H10Br2N2OS/c12-9-1-7(3-14)2-10(13)11(9)16-4-8-5-17-6-15-8/h1-2,5-6H,3-4,14H2. The van der Waals surface area contributed by atoms with Crippen LogP contribution in [-0.2, 0) is 13.2 Å². The second-order valence-corrected chi connectivity index (χ2v) is 5.79. The van der Waals surface area contributed by atoms with Crippen LogP contribution in [0.25, 0.3) is 0 Å². The molecule has 0 aliphatic heterocycles.